The van der Waals surface area contributed by atoms with Gasteiger partial charge in [-0.3, -0.25) is 4.79 Å². The highest BCUT2D eigenvalue weighted by molar-refractivity contribution is 6.32. The molecule has 1 heterocycles. The summed E-state index contributed by atoms with van der Waals surface area (Å²) < 4.78 is 5.73. The first-order chi connectivity index (χ1) is 13.4. The summed E-state index contributed by atoms with van der Waals surface area (Å²) in [5.74, 6) is -0.144. The maximum absolute atomic E-state index is 12.9. The molecule has 0 saturated carbocycles. The van der Waals surface area contributed by atoms with Gasteiger partial charge in [-0.1, -0.05) is 36.5 Å². The summed E-state index contributed by atoms with van der Waals surface area (Å²) in [6, 6.07) is 12.3. The third-order valence-corrected chi connectivity index (χ3v) is 4.58. The number of ether oxygens (including phenoxy) is 1. The van der Waals surface area contributed by atoms with E-state index in [9.17, 15) is 15.0 Å². The lowest BCUT2D eigenvalue weighted by molar-refractivity contribution is 0.103. The second-order valence-corrected chi connectivity index (χ2v) is 6.94. The Bertz CT molecular complexity index is 1020. The predicted octanol–water partition coefficient (Wildman–Crippen LogP) is 5.78. The SMILES string of the molecule is CCCc1nc(Oc2ccc(Cl)cc2)ccc1C(=O)c1cc(O)c(Cl)cc1O. The van der Waals surface area contributed by atoms with E-state index in [0.29, 0.717) is 34.3 Å². The zero-order valence-corrected chi connectivity index (χ0v) is 16.5. The normalized spacial score (nSPS) is 10.7. The molecule has 3 rings (SSSR count). The van der Waals surface area contributed by atoms with E-state index in [4.69, 9.17) is 27.9 Å². The van der Waals surface area contributed by atoms with Gasteiger partial charge in [0.1, 0.15) is 17.2 Å². The van der Waals surface area contributed by atoms with E-state index < -0.39 is 5.78 Å². The molecule has 3 aromatic rings. The molecule has 2 aromatic carbocycles. The summed E-state index contributed by atoms with van der Waals surface area (Å²) in [6.45, 7) is 1.97. The van der Waals surface area contributed by atoms with Crippen LogP contribution in [0.15, 0.2) is 48.5 Å². The van der Waals surface area contributed by atoms with Gasteiger partial charge in [0.25, 0.3) is 0 Å². The number of nitrogens with zero attached hydrogens (tertiary/aromatic N) is 1. The fourth-order valence-corrected chi connectivity index (χ4v) is 2.96. The van der Waals surface area contributed by atoms with Crippen molar-refractivity contribution in [2.24, 2.45) is 0 Å². The molecule has 1 aromatic heterocycles. The molecule has 0 aliphatic rings. The first-order valence-electron chi connectivity index (χ1n) is 8.58. The first-order valence-corrected chi connectivity index (χ1v) is 9.34. The van der Waals surface area contributed by atoms with Crippen molar-refractivity contribution in [1.29, 1.82) is 0 Å². The van der Waals surface area contributed by atoms with E-state index in [1.54, 1.807) is 36.4 Å². The molecule has 0 fully saturated rings. The predicted molar refractivity (Wildman–Crippen MR) is 108 cm³/mol. The largest absolute Gasteiger partial charge is 0.507 e. The van der Waals surface area contributed by atoms with Crippen LogP contribution in [0.1, 0.15) is 35.0 Å². The minimum Gasteiger partial charge on any atom is -0.507 e. The topological polar surface area (TPSA) is 79.7 Å². The van der Waals surface area contributed by atoms with Crippen LogP contribution in [-0.4, -0.2) is 21.0 Å². The van der Waals surface area contributed by atoms with Crippen LogP contribution in [0.2, 0.25) is 10.0 Å². The van der Waals surface area contributed by atoms with E-state index in [1.807, 2.05) is 6.92 Å². The highest BCUT2D eigenvalue weighted by Crippen LogP contribution is 2.33. The molecule has 0 aliphatic heterocycles. The monoisotopic (exact) mass is 417 g/mol. The zero-order chi connectivity index (χ0) is 20.3. The third-order valence-electron chi connectivity index (χ3n) is 4.03. The highest BCUT2D eigenvalue weighted by Gasteiger charge is 2.20. The molecule has 0 amide bonds. The molecule has 0 unspecified atom stereocenters. The summed E-state index contributed by atoms with van der Waals surface area (Å²) >= 11 is 11.6. The Hall–Kier alpha value is -2.76. The van der Waals surface area contributed by atoms with Crippen LogP contribution < -0.4 is 4.74 Å². The number of ketones is 1. The van der Waals surface area contributed by atoms with Crippen LogP contribution in [0.5, 0.6) is 23.1 Å². The van der Waals surface area contributed by atoms with Crippen molar-refractivity contribution in [3.8, 4) is 23.1 Å². The van der Waals surface area contributed by atoms with Gasteiger partial charge in [-0.05, 0) is 42.8 Å². The minimum absolute atomic E-state index is 0.0346. The lowest BCUT2D eigenvalue weighted by Crippen LogP contribution is -2.08. The molecule has 7 heteroatoms. The van der Waals surface area contributed by atoms with Gasteiger partial charge in [-0.25, -0.2) is 4.98 Å². The molecular weight excluding hydrogens is 401 g/mol. The van der Waals surface area contributed by atoms with Gasteiger partial charge in [0, 0.05) is 22.7 Å². The maximum Gasteiger partial charge on any atom is 0.219 e. The van der Waals surface area contributed by atoms with Crippen molar-refractivity contribution in [1.82, 2.24) is 4.98 Å². The van der Waals surface area contributed by atoms with Gasteiger partial charge < -0.3 is 14.9 Å². The van der Waals surface area contributed by atoms with Crippen LogP contribution in [0, 0.1) is 0 Å². The highest BCUT2D eigenvalue weighted by atomic mass is 35.5. The van der Waals surface area contributed by atoms with E-state index in [0.717, 1.165) is 18.6 Å². The number of phenolic OH excluding ortho intramolecular Hbond substituents is 2. The van der Waals surface area contributed by atoms with E-state index in [2.05, 4.69) is 4.98 Å². The first kappa shape index (κ1) is 20.0. The van der Waals surface area contributed by atoms with Gasteiger partial charge in [0.05, 0.1) is 16.3 Å². The molecule has 5 nitrogen and oxygen atoms in total. The molecule has 0 aliphatic carbocycles. The Morgan fingerprint density at radius 1 is 1.00 bits per heavy atom. The number of phenols is 2. The standard InChI is InChI=1S/C21H17Cl2NO4/c1-2-3-17-14(21(27)15-10-19(26)16(23)11-18(15)25)8-9-20(24-17)28-13-6-4-12(22)5-7-13/h4-11,25-26H,2-3H2,1H3. The summed E-state index contributed by atoms with van der Waals surface area (Å²) in [5.41, 5.74) is 0.808. The van der Waals surface area contributed by atoms with Crippen molar-refractivity contribution in [3.63, 3.8) is 0 Å². The average molecular weight is 418 g/mol. The molecule has 2 N–H and O–H groups in total. The molecule has 144 valence electrons. The third kappa shape index (κ3) is 4.38. The second-order valence-electron chi connectivity index (χ2n) is 6.10. The second kappa shape index (κ2) is 8.50. The number of aromatic hydroxyl groups is 2. The van der Waals surface area contributed by atoms with Crippen LogP contribution in [0.4, 0.5) is 0 Å². The lowest BCUT2D eigenvalue weighted by Gasteiger charge is -2.12. The van der Waals surface area contributed by atoms with Crippen molar-refractivity contribution in [2.45, 2.75) is 19.8 Å². The van der Waals surface area contributed by atoms with Crippen LogP contribution in [0.25, 0.3) is 0 Å². The Morgan fingerprint density at radius 2 is 1.71 bits per heavy atom. The Morgan fingerprint density at radius 3 is 2.39 bits per heavy atom. The quantitative estimate of drug-likeness (QED) is 0.392. The van der Waals surface area contributed by atoms with Crippen LogP contribution in [0.3, 0.4) is 0 Å². The van der Waals surface area contributed by atoms with Crippen molar-refractivity contribution in [3.05, 3.63) is 75.4 Å². The molecule has 0 saturated heterocycles. The summed E-state index contributed by atoms with van der Waals surface area (Å²) in [4.78, 5) is 17.4. The number of carbonyl (C=O) groups is 1. The number of benzene rings is 2. The zero-order valence-electron chi connectivity index (χ0n) is 14.9. The number of carbonyl (C=O) groups excluding carboxylic acids is 1. The molecule has 0 spiro atoms. The fraction of sp³-hybridized carbons (Fsp3) is 0.143. The average Bonchev–Trinajstić information content (AvgIpc) is 2.66. The smallest absolute Gasteiger partial charge is 0.219 e. The van der Waals surface area contributed by atoms with Gasteiger partial charge in [0.15, 0.2) is 5.78 Å². The van der Waals surface area contributed by atoms with E-state index in [-0.39, 0.29) is 22.1 Å². The fourth-order valence-electron chi connectivity index (χ4n) is 2.67. The Balaban J connectivity index is 1.95. The minimum atomic E-state index is -0.460. The van der Waals surface area contributed by atoms with E-state index in [1.165, 1.54) is 0 Å². The van der Waals surface area contributed by atoms with Gasteiger partial charge in [0.2, 0.25) is 5.88 Å². The number of aromatic nitrogens is 1. The van der Waals surface area contributed by atoms with Crippen molar-refractivity contribution in [2.75, 3.05) is 0 Å². The molecule has 0 radical (unpaired) electrons. The lowest BCUT2D eigenvalue weighted by atomic mass is 9.99. The Kier molecular flexibility index (Phi) is 6.07. The summed E-state index contributed by atoms with van der Waals surface area (Å²) in [6.07, 6.45) is 1.30. The summed E-state index contributed by atoms with van der Waals surface area (Å²) in [7, 11) is 0. The number of halogens is 2. The van der Waals surface area contributed by atoms with Gasteiger partial charge in [-0.2, -0.15) is 0 Å². The molecule has 0 bridgehead atoms. The number of pyridine rings is 1. The van der Waals surface area contributed by atoms with Crippen molar-refractivity contribution < 1.29 is 19.7 Å². The molecular formula is C21H17Cl2NO4. The summed E-state index contributed by atoms with van der Waals surface area (Å²) in [5, 5.41) is 20.4. The van der Waals surface area contributed by atoms with Gasteiger partial charge in [-0.15, -0.1) is 0 Å². The number of rotatable bonds is 6. The van der Waals surface area contributed by atoms with E-state index >= 15 is 0 Å². The number of aryl methyl sites for hydroxylation is 1. The van der Waals surface area contributed by atoms with Crippen LogP contribution in [-0.2, 0) is 6.42 Å². The molecule has 0 atom stereocenters. The Labute approximate surface area is 172 Å². The molecule has 28 heavy (non-hydrogen) atoms. The number of hydrogen-bond acceptors (Lipinski definition) is 5. The van der Waals surface area contributed by atoms with Crippen LogP contribution >= 0.6 is 23.2 Å². The van der Waals surface area contributed by atoms with Crippen molar-refractivity contribution >= 4 is 29.0 Å². The maximum atomic E-state index is 12.9. The number of hydrogen-bond donors (Lipinski definition) is 2. The van der Waals surface area contributed by atoms with Gasteiger partial charge >= 0.3 is 0 Å².